The summed E-state index contributed by atoms with van der Waals surface area (Å²) in [4.78, 5) is 18.9. The van der Waals surface area contributed by atoms with Gasteiger partial charge in [0.15, 0.2) is 0 Å². The lowest BCUT2D eigenvalue weighted by atomic mass is 10.1. The third-order valence-corrected chi connectivity index (χ3v) is 3.41. The van der Waals surface area contributed by atoms with Crippen molar-refractivity contribution in [2.45, 2.75) is 6.92 Å². The van der Waals surface area contributed by atoms with Gasteiger partial charge >= 0.3 is 0 Å². The fourth-order valence-electron chi connectivity index (χ4n) is 2.34. The second kappa shape index (κ2) is 5.84. The SMILES string of the molecule is Cc1cccc(-c2cc(-c3cccc([N+](=O)[O-])c3)nc(N)n2)c1. The number of nitrogen functional groups attached to an aromatic ring is 1. The van der Waals surface area contributed by atoms with Gasteiger partial charge in [-0.2, -0.15) is 0 Å². The van der Waals surface area contributed by atoms with Crippen LogP contribution in [0.4, 0.5) is 11.6 Å². The van der Waals surface area contributed by atoms with Gasteiger partial charge in [-0.1, -0.05) is 35.9 Å². The van der Waals surface area contributed by atoms with E-state index in [-0.39, 0.29) is 11.6 Å². The number of nitro groups is 1. The minimum absolute atomic E-state index is 0.0109. The molecule has 6 heteroatoms. The second-order valence-electron chi connectivity index (χ2n) is 5.17. The average Bonchev–Trinajstić information content (AvgIpc) is 2.54. The molecule has 114 valence electrons. The summed E-state index contributed by atoms with van der Waals surface area (Å²) in [5.41, 5.74) is 9.72. The van der Waals surface area contributed by atoms with Crippen molar-refractivity contribution in [2.24, 2.45) is 0 Å². The molecule has 0 spiro atoms. The standard InChI is InChI=1S/C17H14N4O2/c1-11-4-2-5-12(8-11)15-10-16(20-17(18)19-15)13-6-3-7-14(9-13)21(22)23/h2-10H,1H3,(H2,18,19,20). The van der Waals surface area contributed by atoms with Crippen molar-refractivity contribution >= 4 is 11.6 Å². The number of nitrogens with zero attached hydrogens (tertiary/aromatic N) is 3. The Kier molecular flexibility index (Phi) is 3.72. The predicted molar refractivity (Wildman–Crippen MR) is 88.7 cm³/mol. The van der Waals surface area contributed by atoms with Crippen molar-refractivity contribution in [3.63, 3.8) is 0 Å². The smallest absolute Gasteiger partial charge is 0.270 e. The summed E-state index contributed by atoms with van der Waals surface area (Å²) in [5.74, 6) is 0.130. The lowest BCUT2D eigenvalue weighted by Gasteiger charge is -2.07. The van der Waals surface area contributed by atoms with Gasteiger partial charge in [0, 0.05) is 23.3 Å². The lowest BCUT2D eigenvalue weighted by molar-refractivity contribution is -0.384. The number of nitrogens with two attached hydrogens (primary N) is 1. The number of hydrogen-bond donors (Lipinski definition) is 1. The molecule has 0 amide bonds. The van der Waals surface area contributed by atoms with E-state index in [1.54, 1.807) is 18.2 Å². The quantitative estimate of drug-likeness (QED) is 0.589. The van der Waals surface area contributed by atoms with Gasteiger partial charge in [-0.05, 0) is 19.1 Å². The van der Waals surface area contributed by atoms with Crippen LogP contribution in [-0.4, -0.2) is 14.9 Å². The molecule has 0 bridgehead atoms. The fraction of sp³-hybridized carbons (Fsp3) is 0.0588. The summed E-state index contributed by atoms with van der Waals surface area (Å²) in [6.07, 6.45) is 0. The van der Waals surface area contributed by atoms with Gasteiger partial charge in [-0.25, -0.2) is 9.97 Å². The molecule has 0 fully saturated rings. The van der Waals surface area contributed by atoms with E-state index < -0.39 is 4.92 Å². The molecule has 3 aromatic rings. The van der Waals surface area contributed by atoms with E-state index >= 15 is 0 Å². The Morgan fingerprint density at radius 1 is 0.957 bits per heavy atom. The summed E-state index contributed by atoms with van der Waals surface area (Å²) in [6, 6.07) is 15.9. The van der Waals surface area contributed by atoms with E-state index in [0.29, 0.717) is 17.0 Å². The summed E-state index contributed by atoms with van der Waals surface area (Å²) in [6.45, 7) is 2.00. The minimum Gasteiger partial charge on any atom is -0.368 e. The average molecular weight is 306 g/mol. The summed E-state index contributed by atoms with van der Waals surface area (Å²) in [5, 5.41) is 10.9. The third kappa shape index (κ3) is 3.16. The monoisotopic (exact) mass is 306 g/mol. The van der Waals surface area contributed by atoms with Gasteiger partial charge in [0.1, 0.15) is 0 Å². The zero-order valence-corrected chi connectivity index (χ0v) is 12.4. The maximum absolute atomic E-state index is 10.9. The van der Waals surface area contributed by atoms with Gasteiger partial charge in [-0.15, -0.1) is 0 Å². The van der Waals surface area contributed by atoms with E-state index in [4.69, 9.17) is 5.73 Å². The highest BCUT2D eigenvalue weighted by Crippen LogP contribution is 2.27. The van der Waals surface area contributed by atoms with Gasteiger partial charge in [0.05, 0.1) is 16.3 Å². The fourth-order valence-corrected chi connectivity index (χ4v) is 2.34. The first-order valence-electron chi connectivity index (χ1n) is 6.99. The molecular weight excluding hydrogens is 292 g/mol. The van der Waals surface area contributed by atoms with Crippen LogP contribution in [0.25, 0.3) is 22.5 Å². The van der Waals surface area contributed by atoms with E-state index in [2.05, 4.69) is 9.97 Å². The van der Waals surface area contributed by atoms with Crippen molar-refractivity contribution in [1.82, 2.24) is 9.97 Å². The number of rotatable bonds is 3. The van der Waals surface area contributed by atoms with Crippen LogP contribution in [0.5, 0.6) is 0 Å². The first-order valence-corrected chi connectivity index (χ1v) is 6.99. The number of aryl methyl sites for hydroxylation is 1. The topological polar surface area (TPSA) is 94.9 Å². The van der Waals surface area contributed by atoms with Crippen molar-refractivity contribution < 1.29 is 4.92 Å². The molecule has 0 saturated carbocycles. The van der Waals surface area contributed by atoms with Gasteiger partial charge in [0.25, 0.3) is 5.69 Å². The van der Waals surface area contributed by atoms with Crippen LogP contribution < -0.4 is 5.73 Å². The van der Waals surface area contributed by atoms with E-state index in [1.807, 2.05) is 31.2 Å². The molecule has 1 heterocycles. The Labute approximate surface area is 132 Å². The number of nitro benzene ring substituents is 1. The molecule has 0 atom stereocenters. The van der Waals surface area contributed by atoms with Crippen LogP contribution in [0.3, 0.4) is 0 Å². The molecule has 0 radical (unpaired) electrons. The summed E-state index contributed by atoms with van der Waals surface area (Å²) >= 11 is 0. The number of benzene rings is 2. The number of aromatic nitrogens is 2. The molecule has 0 aliphatic rings. The third-order valence-electron chi connectivity index (χ3n) is 3.41. The maximum atomic E-state index is 10.9. The van der Waals surface area contributed by atoms with Crippen molar-refractivity contribution in [2.75, 3.05) is 5.73 Å². The number of non-ortho nitro benzene ring substituents is 1. The molecule has 0 aliphatic carbocycles. The second-order valence-corrected chi connectivity index (χ2v) is 5.17. The van der Waals surface area contributed by atoms with E-state index in [0.717, 1.165) is 11.1 Å². The van der Waals surface area contributed by atoms with Crippen LogP contribution in [0.1, 0.15) is 5.56 Å². The van der Waals surface area contributed by atoms with E-state index in [1.165, 1.54) is 12.1 Å². The van der Waals surface area contributed by atoms with Crippen LogP contribution >= 0.6 is 0 Å². The van der Waals surface area contributed by atoms with Crippen LogP contribution in [-0.2, 0) is 0 Å². The first-order chi connectivity index (χ1) is 11.0. The van der Waals surface area contributed by atoms with Gasteiger partial charge in [0.2, 0.25) is 5.95 Å². The van der Waals surface area contributed by atoms with Crippen molar-refractivity contribution in [3.8, 4) is 22.5 Å². The Balaban J connectivity index is 2.11. The Bertz CT molecular complexity index is 893. The van der Waals surface area contributed by atoms with Crippen molar-refractivity contribution in [3.05, 3.63) is 70.3 Å². The molecule has 2 aromatic carbocycles. The Hall–Kier alpha value is -3.28. The molecule has 23 heavy (non-hydrogen) atoms. The number of hydrogen-bond acceptors (Lipinski definition) is 5. The van der Waals surface area contributed by atoms with Gasteiger partial charge < -0.3 is 5.73 Å². The molecule has 0 saturated heterocycles. The first kappa shape index (κ1) is 14.6. The highest BCUT2D eigenvalue weighted by molar-refractivity contribution is 5.70. The van der Waals surface area contributed by atoms with Crippen LogP contribution in [0, 0.1) is 17.0 Å². The molecule has 1 aromatic heterocycles. The Morgan fingerprint density at radius 2 is 1.57 bits per heavy atom. The number of anilines is 1. The summed E-state index contributed by atoms with van der Waals surface area (Å²) < 4.78 is 0. The van der Waals surface area contributed by atoms with E-state index in [9.17, 15) is 10.1 Å². The predicted octanol–water partition coefficient (Wildman–Crippen LogP) is 3.61. The normalized spacial score (nSPS) is 10.5. The maximum Gasteiger partial charge on any atom is 0.270 e. The molecular formula is C17H14N4O2. The highest BCUT2D eigenvalue weighted by atomic mass is 16.6. The van der Waals surface area contributed by atoms with Crippen LogP contribution in [0.15, 0.2) is 54.6 Å². The molecule has 0 unspecified atom stereocenters. The molecule has 6 nitrogen and oxygen atoms in total. The zero-order chi connectivity index (χ0) is 16.4. The largest absolute Gasteiger partial charge is 0.368 e. The zero-order valence-electron chi connectivity index (χ0n) is 12.4. The van der Waals surface area contributed by atoms with Gasteiger partial charge in [-0.3, -0.25) is 10.1 Å². The van der Waals surface area contributed by atoms with Crippen molar-refractivity contribution in [1.29, 1.82) is 0 Å². The molecule has 3 rings (SSSR count). The molecule has 0 aliphatic heterocycles. The Morgan fingerprint density at radius 3 is 2.17 bits per heavy atom. The summed E-state index contributed by atoms with van der Waals surface area (Å²) in [7, 11) is 0. The minimum atomic E-state index is -0.435. The lowest BCUT2D eigenvalue weighted by Crippen LogP contribution is -1.99. The molecule has 2 N–H and O–H groups in total. The van der Waals surface area contributed by atoms with Crippen LogP contribution in [0.2, 0.25) is 0 Å². The highest BCUT2D eigenvalue weighted by Gasteiger charge is 2.11.